The Hall–Kier alpha value is -4.29. The summed E-state index contributed by atoms with van der Waals surface area (Å²) in [5.74, 6) is -8.76. The van der Waals surface area contributed by atoms with Gasteiger partial charge in [0.25, 0.3) is 0 Å². The topological polar surface area (TPSA) is 266 Å². The summed E-state index contributed by atoms with van der Waals surface area (Å²) >= 11 is 0. The van der Waals surface area contributed by atoms with Gasteiger partial charge in [0.05, 0.1) is 37.2 Å². The highest BCUT2D eigenvalue weighted by Crippen LogP contribution is 2.39. The summed E-state index contributed by atoms with van der Waals surface area (Å²) in [4.78, 5) is 100. The molecule has 0 aromatic rings. The summed E-state index contributed by atoms with van der Waals surface area (Å²) in [7, 11) is -3.86. The first-order valence-electron chi connectivity index (χ1n) is 14.7. The van der Waals surface area contributed by atoms with E-state index >= 15 is 0 Å². The molecule has 2 saturated heterocycles. The molecule has 0 aliphatic carbocycles. The normalized spacial score (nSPS) is 21.2. The third-order valence-electron chi connectivity index (χ3n) is 7.80. The molecule has 18 nitrogen and oxygen atoms in total. The Morgan fingerprint density at radius 2 is 1.54 bits per heavy atom. The molecule has 0 saturated carbocycles. The molecule has 2 aliphatic rings. The van der Waals surface area contributed by atoms with Crippen molar-refractivity contribution in [3.05, 3.63) is 0 Å². The lowest BCUT2D eigenvalue weighted by atomic mass is 9.96. The van der Waals surface area contributed by atoms with Crippen LogP contribution in [0.15, 0.2) is 0 Å². The van der Waals surface area contributed by atoms with Crippen LogP contribution in [0.1, 0.15) is 59.8 Å². The summed E-state index contributed by atoms with van der Waals surface area (Å²) in [5, 5.41) is 27.5. The molecular formula is C27H42N6O12S. The Morgan fingerprint density at radius 1 is 0.935 bits per heavy atom. The minimum absolute atomic E-state index is 0.159. The zero-order valence-corrected chi connectivity index (χ0v) is 27.1. The zero-order chi connectivity index (χ0) is 35.1. The van der Waals surface area contributed by atoms with Crippen LogP contribution in [0.2, 0.25) is 0 Å². The SMILES string of the molecule is CCC1C(=O)N(S(C)(=O)=O)[C@H]2CCN(C(=O)CNC(=O)[C@@H](NC(=O)[C@H](CC(=O)O)NC(=O)[C@H](CCC(=O)O)NC(C)=O)C(C)C)[C@H]12. The van der Waals surface area contributed by atoms with Crippen LogP contribution in [-0.2, 0) is 48.4 Å². The van der Waals surface area contributed by atoms with Crippen LogP contribution >= 0.6 is 0 Å². The lowest BCUT2D eigenvalue weighted by Gasteiger charge is -2.28. The van der Waals surface area contributed by atoms with Crippen LogP contribution in [0.4, 0.5) is 0 Å². The van der Waals surface area contributed by atoms with E-state index in [1.54, 1.807) is 20.8 Å². The Bertz CT molecular complexity index is 1350. The summed E-state index contributed by atoms with van der Waals surface area (Å²) < 4.78 is 25.4. The molecule has 0 bridgehead atoms. The van der Waals surface area contributed by atoms with E-state index in [9.17, 15) is 51.9 Å². The number of nitrogens with zero attached hydrogens (tertiary/aromatic N) is 2. The minimum Gasteiger partial charge on any atom is -0.481 e. The lowest BCUT2D eigenvalue weighted by molar-refractivity contribution is -0.142. The molecule has 19 heteroatoms. The van der Waals surface area contributed by atoms with Crippen LogP contribution < -0.4 is 21.3 Å². The number of amides is 6. The van der Waals surface area contributed by atoms with E-state index in [2.05, 4.69) is 21.3 Å². The second kappa shape index (κ2) is 15.8. The van der Waals surface area contributed by atoms with E-state index in [-0.39, 0.29) is 19.4 Å². The third kappa shape index (κ3) is 9.60. The number of aliphatic carboxylic acids is 2. The molecule has 2 heterocycles. The summed E-state index contributed by atoms with van der Waals surface area (Å²) in [6.07, 6.45) is -0.299. The van der Waals surface area contributed by atoms with Crippen molar-refractivity contribution in [3.63, 3.8) is 0 Å². The van der Waals surface area contributed by atoms with Gasteiger partial charge in [-0.05, 0) is 25.2 Å². The molecule has 6 atom stereocenters. The Balaban J connectivity index is 2.12. The van der Waals surface area contributed by atoms with Crippen molar-refractivity contribution in [1.29, 1.82) is 0 Å². The maximum Gasteiger partial charge on any atom is 0.305 e. The van der Waals surface area contributed by atoms with Crippen LogP contribution in [0.5, 0.6) is 0 Å². The lowest BCUT2D eigenvalue weighted by Crippen LogP contribution is -2.58. The van der Waals surface area contributed by atoms with Crippen LogP contribution in [0.3, 0.4) is 0 Å². The molecule has 2 rings (SSSR count). The number of hydrogen-bond donors (Lipinski definition) is 6. The molecule has 2 aliphatic heterocycles. The van der Waals surface area contributed by atoms with Crippen molar-refractivity contribution in [2.24, 2.45) is 11.8 Å². The highest BCUT2D eigenvalue weighted by atomic mass is 32.2. The highest BCUT2D eigenvalue weighted by molar-refractivity contribution is 7.88. The number of rotatable bonds is 16. The average molecular weight is 675 g/mol. The number of carbonyl (C=O) groups excluding carboxylic acids is 6. The Labute approximate surface area is 266 Å². The maximum atomic E-state index is 13.2. The Morgan fingerprint density at radius 3 is 2.04 bits per heavy atom. The second-order valence-corrected chi connectivity index (χ2v) is 13.5. The number of carbonyl (C=O) groups is 8. The van der Waals surface area contributed by atoms with Crippen LogP contribution in [0.25, 0.3) is 0 Å². The number of sulfonamides is 1. The van der Waals surface area contributed by atoms with Crippen molar-refractivity contribution < 1.29 is 57.0 Å². The molecule has 46 heavy (non-hydrogen) atoms. The zero-order valence-electron chi connectivity index (χ0n) is 26.3. The van der Waals surface area contributed by atoms with Crippen molar-refractivity contribution in [2.75, 3.05) is 19.3 Å². The Kier molecular flexibility index (Phi) is 13.0. The smallest absolute Gasteiger partial charge is 0.305 e. The first kappa shape index (κ1) is 37.9. The number of carboxylic acid groups (broad SMARTS) is 2. The second-order valence-electron chi connectivity index (χ2n) is 11.6. The maximum absolute atomic E-state index is 13.2. The van der Waals surface area contributed by atoms with E-state index in [1.165, 1.54) is 4.90 Å². The predicted molar refractivity (Wildman–Crippen MR) is 158 cm³/mol. The molecule has 0 aromatic carbocycles. The fourth-order valence-electron chi connectivity index (χ4n) is 5.73. The number of fused-ring (bicyclic) bond motifs is 1. The van der Waals surface area contributed by atoms with Gasteiger partial charge in [0, 0.05) is 19.9 Å². The summed E-state index contributed by atoms with van der Waals surface area (Å²) in [6.45, 7) is 5.54. The minimum atomic E-state index is -3.86. The van der Waals surface area contributed by atoms with Crippen molar-refractivity contribution in [2.45, 2.75) is 90.0 Å². The van der Waals surface area contributed by atoms with Gasteiger partial charge >= 0.3 is 11.9 Å². The monoisotopic (exact) mass is 674 g/mol. The number of carboxylic acids is 2. The van der Waals surface area contributed by atoms with E-state index in [4.69, 9.17) is 5.11 Å². The first-order valence-corrected chi connectivity index (χ1v) is 16.6. The molecule has 6 N–H and O–H groups in total. The number of nitrogens with one attached hydrogen (secondary N) is 4. The molecule has 6 amide bonds. The van der Waals surface area contributed by atoms with Gasteiger partial charge in [-0.1, -0.05) is 20.8 Å². The van der Waals surface area contributed by atoms with Crippen LogP contribution in [-0.4, -0.2) is 125 Å². The van der Waals surface area contributed by atoms with Crippen molar-refractivity contribution in [1.82, 2.24) is 30.5 Å². The average Bonchev–Trinajstić information content (AvgIpc) is 3.47. The number of likely N-dealkylation sites (tertiary alicyclic amines) is 1. The fourth-order valence-corrected chi connectivity index (χ4v) is 6.92. The fraction of sp³-hybridized carbons (Fsp3) is 0.704. The van der Waals surface area contributed by atoms with E-state index in [1.807, 2.05) is 0 Å². The molecular weight excluding hydrogens is 632 g/mol. The van der Waals surface area contributed by atoms with Crippen LogP contribution in [0, 0.1) is 11.8 Å². The van der Waals surface area contributed by atoms with Gasteiger partial charge in [0.15, 0.2) is 0 Å². The van der Waals surface area contributed by atoms with Gasteiger partial charge in [0.2, 0.25) is 45.5 Å². The summed E-state index contributed by atoms with van der Waals surface area (Å²) in [6, 6.07) is -5.81. The van der Waals surface area contributed by atoms with Crippen molar-refractivity contribution in [3.8, 4) is 0 Å². The van der Waals surface area contributed by atoms with E-state index in [0.717, 1.165) is 17.5 Å². The van der Waals surface area contributed by atoms with Crippen molar-refractivity contribution >= 4 is 57.4 Å². The first-order chi connectivity index (χ1) is 21.3. The largest absolute Gasteiger partial charge is 0.481 e. The van der Waals surface area contributed by atoms with E-state index in [0.29, 0.717) is 6.42 Å². The highest BCUT2D eigenvalue weighted by Gasteiger charge is 2.56. The van der Waals surface area contributed by atoms with Gasteiger partial charge < -0.3 is 36.4 Å². The molecule has 0 spiro atoms. The van der Waals surface area contributed by atoms with E-state index < -0.39 is 119 Å². The molecule has 0 aromatic heterocycles. The molecule has 258 valence electrons. The molecule has 2 fully saturated rings. The number of hydrogen-bond acceptors (Lipinski definition) is 10. The predicted octanol–water partition coefficient (Wildman–Crippen LogP) is -2.63. The quantitative estimate of drug-likeness (QED) is 0.0982. The third-order valence-corrected chi connectivity index (χ3v) is 8.96. The van der Waals surface area contributed by atoms with Gasteiger partial charge in [-0.2, -0.15) is 0 Å². The standard InChI is InChI=1S/C27H42N6O12S/c1-6-15-23-18(33(27(15)43)46(5,44)45)9-10-32(23)19(35)12-28-26(42)22(13(2)3)31-25(41)17(11-21(38)39)30-24(40)16(29-14(4)34)7-8-20(36)37/h13,15-18,22-23H,6-12H2,1-5H3,(H,28,42)(H,29,34)(H,30,40)(H,31,41)(H,36,37)(H,38,39)/t15?,16-,17-,18-,22-,23+/m0/s1. The van der Waals surface area contributed by atoms with Gasteiger partial charge in [-0.3, -0.25) is 38.4 Å². The van der Waals surface area contributed by atoms with Gasteiger partial charge in [0.1, 0.15) is 18.1 Å². The summed E-state index contributed by atoms with van der Waals surface area (Å²) in [5.41, 5.74) is 0. The van der Waals surface area contributed by atoms with Gasteiger partial charge in [-0.15, -0.1) is 0 Å². The molecule has 1 unspecified atom stereocenters. The van der Waals surface area contributed by atoms with Gasteiger partial charge in [-0.25, -0.2) is 12.7 Å². The molecule has 0 radical (unpaired) electrons.